The Balaban J connectivity index is 1.63. The van der Waals surface area contributed by atoms with Gasteiger partial charge in [-0.05, 0) is 52.2 Å². The van der Waals surface area contributed by atoms with E-state index in [2.05, 4.69) is 97.2 Å². The fraction of sp³-hybridized carbons (Fsp3) is 0.0909. The lowest BCUT2D eigenvalue weighted by atomic mass is 10.0. The van der Waals surface area contributed by atoms with Gasteiger partial charge in [-0.15, -0.1) is 0 Å². The molecule has 0 aliphatic rings. The fourth-order valence-electron chi connectivity index (χ4n) is 3.09. The lowest BCUT2D eigenvalue weighted by Crippen LogP contribution is -2.06. The van der Waals surface area contributed by atoms with E-state index >= 15 is 0 Å². The first-order chi connectivity index (χ1) is 11.3. The smallest absolute Gasteiger partial charge is 0.0485 e. The van der Waals surface area contributed by atoms with Crippen molar-refractivity contribution >= 4 is 27.2 Å². The van der Waals surface area contributed by atoms with Gasteiger partial charge in [0.1, 0.15) is 0 Å². The van der Waals surface area contributed by atoms with Crippen molar-refractivity contribution in [2.45, 2.75) is 13.0 Å². The van der Waals surface area contributed by atoms with Crippen LogP contribution >= 0.6 is 0 Å². The Labute approximate surface area is 136 Å². The molecule has 0 saturated heterocycles. The number of nitrogens with one attached hydrogen (secondary N) is 1. The molecule has 0 spiro atoms. The van der Waals surface area contributed by atoms with Crippen LogP contribution in [0.2, 0.25) is 0 Å². The Kier molecular flexibility index (Phi) is 3.47. The van der Waals surface area contributed by atoms with Gasteiger partial charge < -0.3 is 5.32 Å². The lowest BCUT2D eigenvalue weighted by molar-refractivity contribution is 0.887. The van der Waals surface area contributed by atoms with E-state index in [1.54, 1.807) is 0 Å². The van der Waals surface area contributed by atoms with E-state index in [1.807, 2.05) is 0 Å². The number of anilines is 1. The summed E-state index contributed by atoms with van der Waals surface area (Å²) in [5.41, 5.74) is 2.46. The first-order valence-electron chi connectivity index (χ1n) is 8.04. The van der Waals surface area contributed by atoms with Crippen LogP contribution in [0, 0.1) is 0 Å². The Bertz CT molecular complexity index is 971. The standard InChI is InChI=1S/C22H19N/c1-16(19-11-10-17-6-2-4-8-20(17)14-19)23-22-13-12-18-7-3-5-9-21(18)15-22/h2-16,23H,1H3/t16-/m0/s1. The molecule has 4 aromatic carbocycles. The third-order valence-electron chi connectivity index (χ3n) is 4.41. The number of benzene rings is 4. The highest BCUT2D eigenvalue weighted by molar-refractivity contribution is 5.86. The van der Waals surface area contributed by atoms with Gasteiger partial charge in [0.05, 0.1) is 0 Å². The van der Waals surface area contributed by atoms with Crippen LogP contribution in [0.25, 0.3) is 21.5 Å². The van der Waals surface area contributed by atoms with E-state index < -0.39 is 0 Å². The minimum Gasteiger partial charge on any atom is -0.379 e. The highest BCUT2D eigenvalue weighted by atomic mass is 14.9. The zero-order valence-electron chi connectivity index (χ0n) is 13.2. The summed E-state index contributed by atoms with van der Waals surface area (Å²) in [6.07, 6.45) is 0. The Hall–Kier alpha value is -2.80. The van der Waals surface area contributed by atoms with Crippen LogP contribution in [-0.4, -0.2) is 0 Å². The summed E-state index contributed by atoms with van der Waals surface area (Å²) < 4.78 is 0. The minimum absolute atomic E-state index is 0.265. The highest BCUT2D eigenvalue weighted by Gasteiger charge is 2.06. The number of hydrogen-bond donors (Lipinski definition) is 1. The fourth-order valence-corrected chi connectivity index (χ4v) is 3.09. The SMILES string of the molecule is C[C@H](Nc1ccc2ccccc2c1)c1ccc2ccccc2c1. The normalized spacial score (nSPS) is 12.4. The summed E-state index contributed by atoms with van der Waals surface area (Å²) in [4.78, 5) is 0. The average molecular weight is 297 g/mol. The Morgan fingerprint density at radius 3 is 1.87 bits per heavy atom. The van der Waals surface area contributed by atoms with Gasteiger partial charge in [0.25, 0.3) is 0 Å². The molecule has 0 aromatic heterocycles. The van der Waals surface area contributed by atoms with Gasteiger partial charge in [-0.3, -0.25) is 0 Å². The number of hydrogen-bond acceptors (Lipinski definition) is 1. The monoisotopic (exact) mass is 297 g/mol. The van der Waals surface area contributed by atoms with Crippen LogP contribution in [0.1, 0.15) is 18.5 Å². The molecule has 0 fully saturated rings. The van der Waals surface area contributed by atoms with Crippen LogP contribution in [-0.2, 0) is 0 Å². The molecule has 0 aliphatic heterocycles. The van der Waals surface area contributed by atoms with Gasteiger partial charge in [0.2, 0.25) is 0 Å². The topological polar surface area (TPSA) is 12.0 Å². The molecule has 0 heterocycles. The van der Waals surface area contributed by atoms with E-state index in [-0.39, 0.29) is 6.04 Å². The molecule has 0 saturated carbocycles. The van der Waals surface area contributed by atoms with E-state index in [9.17, 15) is 0 Å². The van der Waals surface area contributed by atoms with Gasteiger partial charge in [0, 0.05) is 11.7 Å². The zero-order chi connectivity index (χ0) is 15.6. The van der Waals surface area contributed by atoms with Crippen molar-refractivity contribution < 1.29 is 0 Å². The number of rotatable bonds is 3. The summed E-state index contributed by atoms with van der Waals surface area (Å²) >= 11 is 0. The van der Waals surface area contributed by atoms with E-state index in [1.165, 1.54) is 27.1 Å². The van der Waals surface area contributed by atoms with Crippen molar-refractivity contribution in [3.05, 3.63) is 90.5 Å². The van der Waals surface area contributed by atoms with Crippen molar-refractivity contribution in [2.75, 3.05) is 5.32 Å². The minimum atomic E-state index is 0.265. The summed E-state index contributed by atoms with van der Waals surface area (Å²) in [6, 6.07) is 30.4. The predicted molar refractivity (Wildman–Crippen MR) is 99.9 cm³/mol. The first kappa shape index (κ1) is 13.8. The molecule has 23 heavy (non-hydrogen) atoms. The molecule has 1 heteroatoms. The maximum absolute atomic E-state index is 3.61. The molecular formula is C22H19N. The van der Waals surface area contributed by atoms with Crippen LogP contribution < -0.4 is 5.32 Å². The lowest BCUT2D eigenvalue weighted by Gasteiger charge is -2.17. The predicted octanol–water partition coefficient (Wildman–Crippen LogP) is 6.17. The molecule has 112 valence electrons. The average Bonchev–Trinajstić information content (AvgIpc) is 2.61. The van der Waals surface area contributed by atoms with Gasteiger partial charge in [-0.2, -0.15) is 0 Å². The molecule has 1 atom stereocenters. The largest absolute Gasteiger partial charge is 0.379 e. The maximum Gasteiger partial charge on any atom is 0.0485 e. The molecule has 0 radical (unpaired) electrons. The van der Waals surface area contributed by atoms with Crippen molar-refractivity contribution in [2.24, 2.45) is 0 Å². The van der Waals surface area contributed by atoms with Crippen molar-refractivity contribution in [3.8, 4) is 0 Å². The van der Waals surface area contributed by atoms with E-state index in [4.69, 9.17) is 0 Å². The van der Waals surface area contributed by atoms with Crippen molar-refractivity contribution in [3.63, 3.8) is 0 Å². The summed E-state index contributed by atoms with van der Waals surface area (Å²) in [6.45, 7) is 2.21. The molecule has 0 unspecified atom stereocenters. The molecule has 1 nitrogen and oxygen atoms in total. The summed E-state index contributed by atoms with van der Waals surface area (Å²) in [5.74, 6) is 0. The van der Waals surface area contributed by atoms with Gasteiger partial charge in [-0.25, -0.2) is 0 Å². The second-order valence-electron chi connectivity index (χ2n) is 6.03. The highest BCUT2D eigenvalue weighted by Crippen LogP contribution is 2.25. The van der Waals surface area contributed by atoms with Gasteiger partial charge in [0.15, 0.2) is 0 Å². The molecule has 4 rings (SSSR count). The van der Waals surface area contributed by atoms with Crippen molar-refractivity contribution in [1.29, 1.82) is 0 Å². The Morgan fingerprint density at radius 2 is 1.17 bits per heavy atom. The maximum atomic E-state index is 3.61. The van der Waals surface area contributed by atoms with Crippen LogP contribution in [0.5, 0.6) is 0 Å². The number of fused-ring (bicyclic) bond motifs is 2. The molecule has 4 aromatic rings. The van der Waals surface area contributed by atoms with Gasteiger partial charge in [-0.1, -0.05) is 66.7 Å². The molecule has 0 bridgehead atoms. The summed E-state index contributed by atoms with van der Waals surface area (Å²) in [5, 5.41) is 8.73. The van der Waals surface area contributed by atoms with Crippen LogP contribution in [0.3, 0.4) is 0 Å². The van der Waals surface area contributed by atoms with Crippen LogP contribution in [0.4, 0.5) is 5.69 Å². The van der Waals surface area contributed by atoms with Gasteiger partial charge >= 0.3 is 0 Å². The third kappa shape index (κ3) is 2.78. The zero-order valence-corrected chi connectivity index (χ0v) is 13.2. The van der Waals surface area contributed by atoms with E-state index in [0.717, 1.165) is 5.69 Å². The quantitative estimate of drug-likeness (QED) is 0.477. The molecule has 1 N–H and O–H groups in total. The van der Waals surface area contributed by atoms with Crippen molar-refractivity contribution in [1.82, 2.24) is 0 Å². The summed E-state index contributed by atoms with van der Waals surface area (Å²) in [7, 11) is 0. The molecular weight excluding hydrogens is 278 g/mol. The second kappa shape index (κ2) is 5.77. The first-order valence-corrected chi connectivity index (χ1v) is 8.04. The van der Waals surface area contributed by atoms with E-state index in [0.29, 0.717) is 0 Å². The Morgan fingerprint density at radius 1 is 0.609 bits per heavy atom. The van der Waals surface area contributed by atoms with Crippen LogP contribution in [0.15, 0.2) is 84.9 Å². The molecule has 0 amide bonds. The second-order valence-corrected chi connectivity index (χ2v) is 6.03. The molecule has 0 aliphatic carbocycles. The third-order valence-corrected chi connectivity index (χ3v) is 4.41.